The summed E-state index contributed by atoms with van der Waals surface area (Å²) in [6.45, 7) is 2.18. The predicted molar refractivity (Wildman–Crippen MR) is 99.3 cm³/mol. The lowest BCUT2D eigenvalue weighted by Gasteiger charge is -2.11. The van der Waals surface area contributed by atoms with Crippen LogP contribution in [0.2, 0.25) is 0 Å². The SMILES string of the molecule is C/C(C=NNC(=O)c1nnn(-c2nonc2N)c1CN(C)C)=C/c1ccco1. The van der Waals surface area contributed by atoms with Gasteiger partial charge < -0.3 is 15.1 Å². The molecular formula is C16H19N9O3. The number of carbonyl (C=O) groups excluding carboxylic acids is 1. The number of nitrogens with one attached hydrogen (secondary N) is 1. The molecule has 0 saturated heterocycles. The number of furan rings is 1. The summed E-state index contributed by atoms with van der Waals surface area (Å²) in [6.07, 6.45) is 4.85. The minimum atomic E-state index is -0.528. The van der Waals surface area contributed by atoms with E-state index in [0.29, 0.717) is 18.0 Å². The molecule has 0 aromatic carbocycles. The minimum absolute atomic E-state index is 0.0357. The van der Waals surface area contributed by atoms with Crippen LogP contribution in [0, 0.1) is 0 Å². The van der Waals surface area contributed by atoms with Crippen molar-refractivity contribution in [2.75, 3.05) is 19.8 Å². The Morgan fingerprint density at radius 1 is 1.43 bits per heavy atom. The van der Waals surface area contributed by atoms with Crippen LogP contribution in [0.4, 0.5) is 5.82 Å². The van der Waals surface area contributed by atoms with Crippen molar-refractivity contribution in [1.29, 1.82) is 0 Å². The summed E-state index contributed by atoms with van der Waals surface area (Å²) in [7, 11) is 3.68. The molecule has 0 fully saturated rings. The number of rotatable bonds is 7. The summed E-state index contributed by atoms with van der Waals surface area (Å²) in [4.78, 5) is 14.4. The average Bonchev–Trinajstić information content (AvgIpc) is 3.36. The number of nitrogen functional groups attached to an aromatic ring is 1. The van der Waals surface area contributed by atoms with Crippen molar-refractivity contribution in [2.24, 2.45) is 5.10 Å². The second kappa shape index (κ2) is 8.26. The number of amides is 1. The predicted octanol–water partition coefficient (Wildman–Crippen LogP) is 0.706. The molecule has 3 heterocycles. The van der Waals surface area contributed by atoms with Crippen LogP contribution in [0.1, 0.15) is 28.9 Å². The van der Waals surface area contributed by atoms with Crippen molar-refractivity contribution in [1.82, 2.24) is 35.6 Å². The maximum atomic E-state index is 12.5. The fraction of sp³-hybridized carbons (Fsp3) is 0.250. The van der Waals surface area contributed by atoms with Gasteiger partial charge in [-0.05, 0) is 55.1 Å². The van der Waals surface area contributed by atoms with Crippen LogP contribution in [0.3, 0.4) is 0 Å². The zero-order chi connectivity index (χ0) is 20.1. The third-order valence-electron chi connectivity index (χ3n) is 3.49. The lowest BCUT2D eigenvalue weighted by molar-refractivity contribution is 0.0948. The molecule has 3 N–H and O–H groups in total. The molecule has 3 aromatic heterocycles. The van der Waals surface area contributed by atoms with E-state index in [2.05, 4.69) is 35.8 Å². The van der Waals surface area contributed by atoms with Crippen LogP contribution in [0.25, 0.3) is 11.9 Å². The molecule has 0 spiro atoms. The van der Waals surface area contributed by atoms with Crippen molar-refractivity contribution in [3.05, 3.63) is 41.1 Å². The topological polar surface area (TPSA) is 153 Å². The Bertz CT molecular complexity index is 999. The number of aromatic nitrogens is 5. The molecule has 0 atom stereocenters. The van der Waals surface area contributed by atoms with Gasteiger partial charge in [0.2, 0.25) is 11.6 Å². The van der Waals surface area contributed by atoms with Gasteiger partial charge in [-0.25, -0.2) is 10.1 Å². The summed E-state index contributed by atoms with van der Waals surface area (Å²) in [5, 5.41) is 19.0. The maximum Gasteiger partial charge on any atom is 0.293 e. The molecule has 0 radical (unpaired) electrons. The third kappa shape index (κ3) is 4.29. The van der Waals surface area contributed by atoms with Gasteiger partial charge in [0.15, 0.2) is 5.69 Å². The van der Waals surface area contributed by atoms with Gasteiger partial charge in [-0.3, -0.25) is 4.79 Å². The van der Waals surface area contributed by atoms with E-state index in [1.165, 1.54) is 10.9 Å². The normalized spacial score (nSPS) is 12.2. The third-order valence-corrected chi connectivity index (χ3v) is 3.49. The number of hydrogen-bond acceptors (Lipinski definition) is 10. The van der Waals surface area contributed by atoms with Crippen molar-refractivity contribution in [3.63, 3.8) is 0 Å². The molecule has 0 saturated carbocycles. The van der Waals surface area contributed by atoms with Crippen LogP contribution < -0.4 is 11.2 Å². The Labute approximate surface area is 159 Å². The van der Waals surface area contributed by atoms with E-state index < -0.39 is 5.91 Å². The Kier molecular flexibility index (Phi) is 5.60. The standard InChI is InChI=1S/C16H19N9O3/c1-10(7-11-5-4-6-27-11)8-18-20-16(26)13-12(9-24(2)3)25(23-19-13)15-14(17)21-28-22-15/h4-8H,9H2,1-3H3,(H2,17,21)(H,20,26)/b10-7-,18-8?. The first kappa shape index (κ1) is 19.0. The van der Waals surface area contributed by atoms with Gasteiger partial charge in [0.1, 0.15) is 5.76 Å². The first-order valence-corrected chi connectivity index (χ1v) is 8.18. The van der Waals surface area contributed by atoms with Gasteiger partial charge in [-0.1, -0.05) is 5.21 Å². The molecule has 0 aliphatic carbocycles. The number of hydrogen-bond donors (Lipinski definition) is 2. The molecule has 12 nitrogen and oxygen atoms in total. The molecule has 1 amide bonds. The summed E-state index contributed by atoms with van der Waals surface area (Å²) in [6, 6.07) is 3.59. The fourth-order valence-corrected chi connectivity index (χ4v) is 2.31. The zero-order valence-electron chi connectivity index (χ0n) is 15.5. The highest BCUT2D eigenvalue weighted by Gasteiger charge is 2.24. The molecule has 0 aliphatic rings. The van der Waals surface area contributed by atoms with E-state index in [0.717, 1.165) is 5.57 Å². The Morgan fingerprint density at radius 2 is 2.25 bits per heavy atom. The highest BCUT2D eigenvalue weighted by atomic mass is 16.6. The fourth-order valence-electron chi connectivity index (χ4n) is 2.31. The van der Waals surface area contributed by atoms with Gasteiger partial charge in [0.05, 0.1) is 18.2 Å². The van der Waals surface area contributed by atoms with E-state index in [-0.39, 0.29) is 17.3 Å². The largest absolute Gasteiger partial charge is 0.465 e. The zero-order valence-corrected chi connectivity index (χ0v) is 15.5. The van der Waals surface area contributed by atoms with Crippen molar-refractivity contribution < 1.29 is 13.8 Å². The molecule has 12 heteroatoms. The van der Waals surface area contributed by atoms with Crippen molar-refractivity contribution in [3.8, 4) is 5.82 Å². The van der Waals surface area contributed by atoms with E-state index in [1.54, 1.807) is 18.4 Å². The highest BCUT2D eigenvalue weighted by Crippen LogP contribution is 2.16. The van der Waals surface area contributed by atoms with E-state index in [1.807, 2.05) is 32.0 Å². The van der Waals surface area contributed by atoms with Gasteiger partial charge in [-0.15, -0.1) is 5.10 Å². The molecule has 146 valence electrons. The van der Waals surface area contributed by atoms with Crippen LogP contribution in [-0.2, 0) is 6.54 Å². The molecular weight excluding hydrogens is 366 g/mol. The second-order valence-electron chi connectivity index (χ2n) is 6.11. The Morgan fingerprint density at radius 3 is 2.89 bits per heavy atom. The Hall–Kier alpha value is -3.80. The van der Waals surface area contributed by atoms with Crippen molar-refractivity contribution in [2.45, 2.75) is 13.5 Å². The van der Waals surface area contributed by atoms with Crippen LogP contribution in [0.5, 0.6) is 0 Å². The number of carbonyl (C=O) groups is 1. The number of nitrogens with zero attached hydrogens (tertiary/aromatic N) is 7. The summed E-state index contributed by atoms with van der Waals surface area (Å²) >= 11 is 0. The lowest BCUT2D eigenvalue weighted by Crippen LogP contribution is -2.23. The average molecular weight is 385 g/mol. The van der Waals surface area contributed by atoms with Gasteiger partial charge >= 0.3 is 0 Å². The molecule has 0 unspecified atom stereocenters. The van der Waals surface area contributed by atoms with E-state index in [9.17, 15) is 4.79 Å². The number of nitrogens with two attached hydrogens (primary N) is 1. The summed E-state index contributed by atoms with van der Waals surface area (Å²) in [5.41, 5.74) is 9.48. The molecule has 3 aromatic rings. The first-order chi connectivity index (χ1) is 13.5. The quantitative estimate of drug-likeness (QED) is 0.442. The highest BCUT2D eigenvalue weighted by molar-refractivity contribution is 5.94. The molecule has 0 bridgehead atoms. The van der Waals surface area contributed by atoms with E-state index >= 15 is 0 Å². The Balaban J connectivity index is 1.78. The maximum absolute atomic E-state index is 12.5. The van der Waals surface area contributed by atoms with Gasteiger partial charge in [-0.2, -0.15) is 9.78 Å². The number of allylic oxidation sites excluding steroid dienone is 1. The smallest absolute Gasteiger partial charge is 0.293 e. The van der Waals surface area contributed by atoms with E-state index in [4.69, 9.17) is 10.2 Å². The number of hydrazone groups is 1. The van der Waals surface area contributed by atoms with Gasteiger partial charge in [0.25, 0.3) is 5.91 Å². The van der Waals surface area contributed by atoms with Crippen LogP contribution in [-0.4, -0.2) is 56.4 Å². The molecule has 3 rings (SSSR count). The first-order valence-electron chi connectivity index (χ1n) is 8.18. The summed E-state index contributed by atoms with van der Waals surface area (Å²) in [5.74, 6) is 0.350. The van der Waals surface area contributed by atoms with Crippen LogP contribution >= 0.6 is 0 Å². The lowest BCUT2D eigenvalue weighted by atomic mass is 10.3. The molecule has 28 heavy (non-hydrogen) atoms. The minimum Gasteiger partial charge on any atom is -0.465 e. The van der Waals surface area contributed by atoms with Crippen molar-refractivity contribution >= 4 is 24.0 Å². The van der Waals surface area contributed by atoms with Crippen LogP contribution in [0.15, 0.2) is 38.1 Å². The number of anilines is 1. The van der Waals surface area contributed by atoms with Gasteiger partial charge in [0, 0.05) is 6.54 Å². The molecule has 0 aliphatic heterocycles. The summed E-state index contributed by atoms with van der Waals surface area (Å²) < 4.78 is 11.1. The monoisotopic (exact) mass is 385 g/mol. The second-order valence-corrected chi connectivity index (χ2v) is 6.11.